The quantitative estimate of drug-likeness (QED) is 0.631. The van der Waals surface area contributed by atoms with Gasteiger partial charge in [-0.1, -0.05) is 31.1 Å². The molecule has 2 aromatic rings. The zero-order chi connectivity index (χ0) is 23.7. The molecular weight excluding hydrogens is 426 g/mol. The Kier molecular flexibility index (Phi) is 6.65. The normalized spacial score (nSPS) is 25.3. The number of rotatable bonds is 6. The molecule has 1 aliphatic carbocycles. The first-order valence-electron chi connectivity index (χ1n) is 13.1. The fraction of sp³-hybridized carbons (Fsp3) is 0.667. The van der Waals surface area contributed by atoms with Gasteiger partial charge in [-0.3, -0.25) is 0 Å². The summed E-state index contributed by atoms with van der Waals surface area (Å²) in [6.45, 7) is 8.53. The van der Waals surface area contributed by atoms with Crippen LogP contribution < -0.4 is 10.1 Å². The van der Waals surface area contributed by atoms with Gasteiger partial charge in [-0.05, 0) is 69.3 Å². The highest BCUT2D eigenvalue weighted by molar-refractivity contribution is 5.88. The minimum absolute atomic E-state index is 0.0270. The largest absolute Gasteiger partial charge is 0.483 e. The van der Waals surface area contributed by atoms with Crippen molar-refractivity contribution >= 4 is 5.71 Å². The van der Waals surface area contributed by atoms with Gasteiger partial charge >= 0.3 is 0 Å². The van der Waals surface area contributed by atoms with Gasteiger partial charge in [0.25, 0.3) is 0 Å². The molecule has 7 nitrogen and oxygen atoms in total. The monoisotopic (exact) mass is 465 g/mol. The molecule has 3 aliphatic rings. The number of piperidine rings is 1. The first-order chi connectivity index (χ1) is 16.4. The van der Waals surface area contributed by atoms with Crippen molar-refractivity contribution in [2.45, 2.75) is 89.3 Å². The van der Waals surface area contributed by atoms with Gasteiger partial charge in [0, 0.05) is 38.1 Å². The minimum Gasteiger partial charge on any atom is -0.483 e. The average Bonchev–Trinajstić information content (AvgIpc) is 3.43. The molecule has 1 aromatic heterocycles. The van der Waals surface area contributed by atoms with Crippen molar-refractivity contribution in [1.29, 1.82) is 0 Å². The van der Waals surface area contributed by atoms with Crippen molar-refractivity contribution in [1.82, 2.24) is 20.1 Å². The van der Waals surface area contributed by atoms with E-state index in [1.54, 1.807) is 0 Å². The maximum Gasteiger partial charge on any atom is 0.173 e. The molecule has 184 valence electrons. The molecule has 5 rings (SSSR count). The molecule has 0 unspecified atom stereocenters. The van der Waals surface area contributed by atoms with Gasteiger partial charge in [-0.25, -0.2) is 0 Å². The van der Waals surface area contributed by atoms with Crippen molar-refractivity contribution in [2.24, 2.45) is 18.1 Å². The van der Waals surface area contributed by atoms with E-state index in [-0.39, 0.29) is 11.7 Å². The third-order valence-corrected chi connectivity index (χ3v) is 8.08. The van der Waals surface area contributed by atoms with Gasteiger partial charge in [0.1, 0.15) is 17.2 Å². The Balaban J connectivity index is 1.19. The fourth-order valence-electron chi connectivity index (χ4n) is 5.87. The smallest absolute Gasteiger partial charge is 0.173 e. The highest BCUT2D eigenvalue weighted by Gasteiger charge is 2.42. The van der Waals surface area contributed by atoms with E-state index in [4.69, 9.17) is 9.57 Å². The molecule has 0 amide bonds. The summed E-state index contributed by atoms with van der Waals surface area (Å²) < 4.78 is 8.41. The topological polar surface area (TPSA) is 73.6 Å². The lowest BCUT2D eigenvalue weighted by Gasteiger charge is -2.32. The molecule has 1 saturated heterocycles. The number of nitrogens with one attached hydrogen (secondary N) is 1. The zero-order valence-corrected chi connectivity index (χ0v) is 21.1. The van der Waals surface area contributed by atoms with E-state index in [1.807, 2.05) is 6.07 Å². The van der Waals surface area contributed by atoms with Gasteiger partial charge in [0.2, 0.25) is 0 Å². The molecule has 1 atom stereocenters. The third kappa shape index (κ3) is 4.72. The average molecular weight is 466 g/mol. The van der Waals surface area contributed by atoms with Crippen molar-refractivity contribution < 1.29 is 9.57 Å². The molecule has 1 N–H and O–H groups in total. The van der Waals surface area contributed by atoms with E-state index in [0.717, 1.165) is 75.4 Å². The molecule has 1 saturated carbocycles. The number of aromatic nitrogens is 3. The van der Waals surface area contributed by atoms with Crippen molar-refractivity contribution in [3.05, 3.63) is 41.5 Å². The molecule has 1 spiro atoms. The predicted molar refractivity (Wildman–Crippen MR) is 133 cm³/mol. The van der Waals surface area contributed by atoms with Gasteiger partial charge in [0.15, 0.2) is 11.9 Å². The molecule has 3 heterocycles. The number of hydrogen-bond acceptors (Lipinski definition) is 6. The highest BCUT2D eigenvalue weighted by Crippen LogP contribution is 2.41. The van der Waals surface area contributed by atoms with Crippen LogP contribution in [-0.2, 0) is 11.9 Å². The summed E-state index contributed by atoms with van der Waals surface area (Å²) in [6.07, 6.45) is 7.54. The number of hydrogen-bond donors (Lipinski definition) is 1. The Bertz CT molecular complexity index is 1020. The van der Waals surface area contributed by atoms with Crippen LogP contribution in [0.3, 0.4) is 0 Å². The lowest BCUT2D eigenvalue weighted by atomic mass is 9.76. The second-order valence-electron chi connectivity index (χ2n) is 10.8. The van der Waals surface area contributed by atoms with Crippen LogP contribution in [0, 0.1) is 5.92 Å². The van der Waals surface area contributed by atoms with Gasteiger partial charge in [-0.15, -0.1) is 10.2 Å². The van der Waals surface area contributed by atoms with Crippen molar-refractivity contribution in [3.8, 4) is 5.75 Å². The first kappa shape index (κ1) is 23.3. The van der Waals surface area contributed by atoms with Gasteiger partial charge < -0.3 is 19.5 Å². The van der Waals surface area contributed by atoms with Crippen molar-refractivity contribution in [2.75, 3.05) is 13.1 Å². The van der Waals surface area contributed by atoms with Crippen LogP contribution in [-0.4, -0.2) is 39.2 Å². The Labute approximate surface area is 203 Å². The van der Waals surface area contributed by atoms with E-state index < -0.39 is 0 Å². The molecule has 1 aromatic carbocycles. The first-order valence-corrected chi connectivity index (χ1v) is 13.1. The molecule has 0 bridgehead atoms. The Morgan fingerprint density at radius 1 is 1.06 bits per heavy atom. The van der Waals surface area contributed by atoms with E-state index in [2.05, 4.69) is 71.3 Å². The standard InChI is InChI=1S/C27H39N5O2/c1-18(2)22-6-5-7-23(16-22)33-19(3)25-29-30-26(32(25)4)21-10-8-20(9-11-21)24-17-27(34-31-24)12-14-28-15-13-27/h5-7,16,18-21,28H,8-15,17H2,1-4H3/t19-,20?,21?/m1/s1. The van der Waals surface area contributed by atoms with E-state index in [9.17, 15) is 0 Å². The summed E-state index contributed by atoms with van der Waals surface area (Å²) >= 11 is 0. The fourth-order valence-corrected chi connectivity index (χ4v) is 5.87. The molecule has 0 radical (unpaired) electrons. The van der Waals surface area contributed by atoms with Crippen LogP contribution in [0.4, 0.5) is 0 Å². The van der Waals surface area contributed by atoms with Crippen LogP contribution in [0.2, 0.25) is 0 Å². The number of oxime groups is 1. The minimum atomic E-state index is -0.156. The summed E-state index contributed by atoms with van der Waals surface area (Å²) in [5.74, 6) is 4.31. The zero-order valence-electron chi connectivity index (χ0n) is 21.1. The van der Waals surface area contributed by atoms with Crippen LogP contribution in [0.1, 0.15) is 101 Å². The summed E-state index contributed by atoms with van der Waals surface area (Å²) in [5, 5.41) is 17.2. The van der Waals surface area contributed by atoms with Crippen LogP contribution in [0.25, 0.3) is 0 Å². The third-order valence-electron chi connectivity index (χ3n) is 8.08. The summed E-state index contributed by atoms with van der Waals surface area (Å²) in [5.41, 5.74) is 2.55. The van der Waals surface area contributed by atoms with Crippen molar-refractivity contribution in [3.63, 3.8) is 0 Å². The predicted octanol–water partition coefficient (Wildman–Crippen LogP) is 5.25. The number of ether oxygens (including phenoxy) is 1. The van der Waals surface area contributed by atoms with Gasteiger partial charge in [-0.2, -0.15) is 0 Å². The Morgan fingerprint density at radius 3 is 2.53 bits per heavy atom. The second kappa shape index (κ2) is 9.68. The van der Waals surface area contributed by atoms with Gasteiger partial charge in [0.05, 0.1) is 5.71 Å². The highest BCUT2D eigenvalue weighted by atomic mass is 16.7. The van der Waals surface area contributed by atoms with Crippen LogP contribution >= 0.6 is 0 Å². The van der Waals surface area contributed by atoms with E-state index in [1.165, 1.54) is 11.3 Å². The number of nitrogens with zero attached hydrogens (tertiary/aromatic N) is 4. The molecule has 34 heavy (non-hydrogen) atoms. The SMILES string of the molecule is CC(C)c1cccc(O[C@H](C)c2nnc(C3CCC(C4=NOC5(CCNCC5)C4)CC3)n2C)c1. The van der Waals surface area contributed by atoms with Crippen LogP contribution in [0.5, 0.6) is 5.75 Å². The van der Waals surface area contributed by atoms with Crippen LogP contribution in [0.15, 0.2) is 29.4 Å². The Hall–Kier alpha value is -2.41. The molecule has 2 fully saturated rings. The summed E-state index contributed by atoms with van der Waals surface area (Å²) in [7, 11) is 2.08. The Morgan fingerprint density at radius 2 is 1.79 bits per heavy atom. The van der Waals surface area contributed by atoms with E-state index in [0.29, 0.717) is 17.8 Å². The maximum absolute atomic E-state index is 6.25. The maximum atomic E-state index is 6.25. The summed E-state index contributed by atoms with van der Waals surface area (Å²) in [4.78, 5) is 5.98. The molecule has 7 heteroatoms. The summed E-state index contributed by atoms with van der Waals surface area (Å²) in [6, 6.07) is 8.35. The number of benzene rings is 1. The molecule has 2 aliphatic heterocycles. The lowest BCUT2D eigenvalue weighted by Crippen LogP contribution is -2.42. The van der Waals surface area contributed by atoms with E-state index >= 15 is 0 Å². The second-order valence-corrected chi connectivity index (χ2v) is 10.8. The molecular formula is C27H39N5O2. The lowest BCUT2D eigenvalue weighted by molar-refractivity contribution is -0.0400.